The highest BCUT2D eigenvalue weighted by atomic mass is 16.4. The van der Waals surface area contributed by atoms with Crippen LogP contribution < -0.4 is 0 Å². The SMILES string of the molecule is CCCCCCCCCCCCCCCCC(C(=O)O)c1ccccc1CO. The van der Waals surface area contributed by atoms with Crippen LogP contribution in [0.2, 0.25) is 0 Å². The summed E-state index contributed by atoms with van der Waals surface area (Å²) in [5.41, 5.74) is 1.51. The van der Waals surface area contributed by atoms with E-state index in [0.717, 1.165) is 24.0 Å². The van der Waals surface area contributed by atoms with E-state index >= 15 is 0 Å². The number of carboxylic acid groups (broad SMARTS) is 1. The van der Waals surface area contributed by atoms with Gasteiger partial charge in [-0.05, 0) is 17.5 Å². The average molecular weight is 391 g/mol. The van der Waals surface area contributed by atoms with E-state index < -0.39 is 11.9 Å². The van der Waals surface area contributed by atoms with Crippen LogP contribution in [0.3, 0.4) is 0 Å². The Morgan fingerprint density at radius 2 is 1.25 bits per heavy atom. The first-order chi connectivity index (χ1) is 13.7. The van der Waals surface area contributed by atoms with Gasteiger partial charge in [-0.25, -0.2) is 0 Å². The lowest BCUT2D eigenvalue weighted by molar-refractivity contribution is -0.139. The fourth-order valence-electron chi connectivity index (χ4n) is 3.97. The highest BCUT2D eigenvalue weighted by Gasteiger charge is 2.21. The van der Waals surface area contributed by atoms with Gasteiger partial charge in [-0.2, -0.15) is 0 Å². The van der Waals surface area contributed by atoms with Gasteiger partial charge in [0.05, 0.1) is 12.5 Å². The van der Waals surface area contributed by atoms with E-state index in [1.165, 1.54) is 77.0 Å². The van der Waals surface area contributed by atoms with Gasteiger partial charge in [0.15, 0.2) is 0 Å². The van der Waals surface area contributed by atoms with Crippen molar-refractivity contribution in [3.63, 3.8) is 0 Å². The van der Waals surface area contributed by atoms with Gasteiger partial charge in [0, 0.05) is 0 Å². The molecule has 0 aliphatic carbocycles. The third-order valence-corrected chi connectivity index (χ3v) is 5.75. The van der Waals surface area contributed by atoms with E-state index in [9.17, 15) is 15.0 Å². The third kappa shape index (κ3) is 10.8. The van der Waals surface area contributed by atoms with E-state index in [1.807, 2.05) is 24.3 Å². The maximum Gasteiger partial charge on any atom is 0.310 e. The number of carbonyl (C=O) groups is 1. The van der Waals surface area contributed by atoms with E-state index in [0.29, 0.717) is 6.42 Å². The lowest BCUT2D eigenvalue weighted by Gasteiger charge is -2.16. The second-order valence-electron chi connectivity index (χ2n) is 8.13. The molecule has 1 rings (SSSR count). The van der Waals surface area contributed by atoms with E-state index in [1.54, 1.807) is 0 Å². The number of aliphatic hydroxyl groups is 1. The minimum absolute atomic E-state index is 0.0985. The van der Waals surface area contributed by atoms with Gasteiger partial charge in [-0.15, -0.1) is 0 Å². The molecule has 0 bridgehead atoms. The molecule has 0 saturated carbocycles. The predicted octanol–water partition coefficient (Wildman–Crippen LogP) is 7.22. The Labute approximate surface area is 172 Å². The average Bonchev–Trinajstić information content (AvgIpc) is 2.70. The van der Waals surface area contributed by atoms with Gasteiger partial charge < -0.3 is 10.2 Å². The van der Waals surface area contributed by atoms with Crippen LogP contribution >= 0.6 is 0 Å². The summed E-state index contributed by atoms with van der Waals surface area (Å²) >= 11 is 0. The molecule has 0 amide bonds. The van der Waals surface area contributed by atoms with Crippen LogP contribution in [0.25, 0.3) is 0 Å². The maximum absolute atomic E-state index is 11.7. The Balaban J connectivity index is 2.06. The topological polar surface area (TPSA) is 57.5 Å². The molecule has 2 N–H and O–H groups in total. The van der Waals surface area contributed by atoms with Crippen molar-refractivity contribution in [2.75, 3.05) is 0 Å². The Kier molecular flexibility index (Phi) is 14.6. The molecule has 1 unspecified atom stereocenters. The number of carboxylic acids is 1. The van der Waals surface area contributed by atoms with Crippen LogP contribution in [-0.4, -0.2) is 16.2 Å². The van der Waals surface area contributed by atoms with Crippen LogP contribution in [0.1, 0.15) is 120 Å². The van der Waals surface area contributed by atoms with Crippen LogP contribution in [0.5, 0.6) is 0 Å². The zero-order chi connectivity index (χ0) is 20.5. The predicted molar refractivity (Wildman–Crippen MR) is 118 cm³/mol. The zero-order valence-electron chi connectivity index (χ0n) is 18.0. The van der Waals surface area contributed by atoms with Crippen molar-refractivity contribution < 1.29 is 15.0 Å². The van der Waals surface area contributed by atoms with E-state index in [-0.39, 0.29) is 6.61 Å². The maximum atomic E-state index is 11.7. The standard InChI is InChI=1S/C25H42O3/c1-2-3-4-5-6-7-8-9-10-11-12-13-14-15-20-24(25(27)28)23-19-17-16-18-22(23)21-26/h16-19,24,26H,2-15,20-21H2,1H3,(H,27,28). The van der Waals surface area contributed by atoms with Gasteiger partial charge >= 0.3 is 5.97 Å². The minimum atomic E-state index is -0.782. The van der Waals surface area contributed by atoms with Gasteiger partial charge in [0.2, 0.25) is 0 Å². The van der Waals surface area contributed by atoms with Crippen molar-refractivity contribution in [1.29, 1.82) is 0 Å². The molecule has 1 aromatic rings. The number of benzene rings is 1. The smallest absolute Gasteiger partial charge is 0.310 e. The quantitative estimate of drug-likeness (QED) is 0.260. The first kappa shape index (κ1) is 24.7. The number of aliphatic hydroxyl groups excluding tert-OH is 1. The minimum Gasteiger partial charge on any atom is -0.481 e. The van der Waals surface area contributed by atoms with E-state index in [4.69, 9.17) is 0 Å². The Bertz CT molecular complexity index is 512. The Morgan fingerprint density at radius 3 is 1.71 bits per heavy atom. The molecule has 1 aromatic carbocycles. The summed E-state index contributed by atoms with van der Waals surface area (Å²) in [7, 11) is 0. The van der Waals surface area contributed by atoms with E-state index in [2.05, 4.69) is 6.92 Å². The normalized spacial score (nSPS) is 12.2. The molecular weight excluding hydrogens is 348 g/mol. The van der Waals surface area contributed by atoms with Gasteiger partial charge in [0.25, 0.3) is 0 Å². The Hall–Kier alpha value is -1.35. The largest absolute Gasteiger partial charge is 0.481 e. The van der Waals surface area contributed by atoms with Crippen molar-refractivity contribution in [3.8, 4) is 0 Å². The summed E-state index contributed by atoms with van der Waals surface area (Å²) in [5.74, 6) is -1.28. The number of aliphatic carboxylic acids is 1. The summed E-state index contributed by atoms with van der Waals surface area (Å²) in [6, 6.07) is 7.36. The van der Waals surface area contributed by atoms with Crippen molar-refractivity contribution in [3.05, 3.63) is 35.4 Å². The molecular formula is C25H42O3. The molecule has 0 aromatic heterocycles. The molecule has 1 atom stereocenters. The molecule has 0 aliphatic rings. The highest BCUT2D eigenvalue weighted by Crippen LogP contribution is 2.26. The fourth-order valence-corrected chi connectivity index (χ4v) is 3.97. The number of rotatable bonds is 18. The number of hydrogen-bond acceptors (Lipinski definition) is 2. The van der Waals surface area contributed by atoms with Crippen molar-refractivity contribution >= 4 is 5.97 Å². The van der Waals surface area contributed by atoms with Crippen LogP contribution in [0, 0.1) is 0 Å². The second kappa shape index (κ2) is 16.6. The molecule has 3 heteroatoms. The van der Waals surface area contributed by atoms with Gasteiger partial charge in [-0.3, -0.25) is 4.79 Å². The summed E-state index contributed by atoms with van der Waals surface area (Å²) in [6.07, 6.45) is 18.9. The number of hydrogen-bond donors (Lipinski definition) is 2. The first-order valence-corrected chi connectivity index (χ1v) is 11.6. The molecule has 0 fully saturated rings. The lowest BCUT2D eigenvalue weighted by atomic mass is 9.89. The van der Waals surface area contributed by atoms with Crippen LogP contribution in [-0.2, 0) is 11.4 Å². The van der Waals surface area contributed by atoms with Gasteiger partial charge in [-0.1, -0.05) is 121 Å². The fraction of sp³-hybridized carbons (Fsp3) is 0.720. The molecule has 3 nitrogen and oxygen atoms in total. The summed E-state index contributed by atoms with van der Waals surface area (Å²) in [4.78, 5) is 11.7. The van der Waals surface area contributed by atoms with Crippen LogP contribution in [0.15, 0.2) is 24.3 Å². The summed E-state index contributed by atoms with van der Waals surface area (Å²) in [6.45, 7) is 2.17. The lowest BCUT2D eigenvalue weighted by Crippen LogP contribution is -2.13. The monoisotopic (exact) mass is 390 g/mol. The molecule has 0 heterocycles. The third-order valence-electron chi connectivity index (χ3n) is 5.75. The molecule has 28 heavy (non-hydrogen) atoms. The molecule has 0 radical (unpaired) electrons. The zero-order valence-corrected chi connectivity index (χ0v) is 18.0. The van der Waals surface area contributed by atoms with Crippen LogP contribution in [0.4, 0.5) is 0 Å². The second-order valence-corrected chi connectivity index (χ2v) is 8.13. The van der Waals surface area contributed by atoms with Crippen molar-refractivity contribution in [2.45, 2.75) is 116 Å². The molecule has 0 aliphatic heterocycles. The molecule has 0 saturated heterocycles. The molecule has 0 spiro atoms. The number of unbranched alkanes of at least 4 members (excludes halogenated alkanes) is 13. The Morgan fingerprint density at radius 1 is 0.786 bits per heavy atom. The summed E-state index contributed by atoms with van der Waals surface area (Å²) in [5, 5.41) is 19.0. The highest BCUT2D eigenvalue weighted by molar-refractivity contribution is 5.76. The molecule has 160 valence electrons. The first-order valence-electron chi connectivity index (χ1n) is 11.6. The van der Waals surface area contributed by atoms with Crippen molar-refractivity contribution in [2.24, 2.45) is 0 Å². The summed E-state index contributed by atoms with van der Waals surface area (Å²) < 4.78 is 0. The van der Waals surface area contributed by atoms with Gasteiger partial charge in [0.1, 0.15) is 0 Å². The van der Waals surface area contributed by atoms with Crippen molar-refractivity contribution in [1.82, 2.24) is 0 Å².